The van der Waals surface area contributed by atoms with Crippen molar-refractivity contribution in [2.24, 2.45) is 0 Å². The van der Waals surface area contributed by atoms with Gasteiger partial charge >= 0.3 is 0 Å². The zero-order valence-electron chi connectivity index (χ0n) is 16.9. The minimum Gasteiger partial charge on any atom is -0.460 e. The summed E-state index contributed by atoms with van der Waals surface area (Å²) in [5.74, 6) is 1.74. The summed E-state index contributed by atoms with van der Waals surface area (Å²) in [6.45, 7) is 4.31. The number of rotatable bonds is 7. The standard InChI is InChI=1S/C21H27N3O4S/c1-18-8-9-20(28-18)16-22(2)17-21(25)23-11-13-24(14-12-23)29(26,27)15-10-19-6-4-3-5-7-19/h3-10,15H,11-14,16-17H2,1-2H3/p+1/b15-10+. The van der Waals surface area contributed by atoms with Crippen LogP contribution < -0.4 is 4.90 Å². The number of quaternary nitrogens is 1. The molecule has 0 aliphatic carbocycles. The lowest BCUT2D eigenvalue weighted by molar-refractivity contribution is -0.886. The van der Waals surface area contributed by atoms with Gasteiger partial charge in [-0.25, -0.2) is 8.42 Å². The van der Waals surface area contributed by atoms with Crippen LogP contribution in [-0.2, 0) is 21.4 Å². The highest BCUT2D eigenvalue weighted by Crippen LogP contribution is 2.11. The number of piperazine rings is 1. The molecule has 1 saturated heterocycles. The van der Waals surface area contributed by atoms with Gasteiger partial charge in [0.1, 0.15) is 12.3 Å². The molecule has 2 aromatic rings. The molecule has 7 nitrogen and oxygen atoms in total. The largest absolute Gasteiger partial charge is 0.460 e. The third kappa shape index (κ3) is 6.03. The van der Waals surface area contributed by atoms with Crippen LogP contribution in [0.25, 0.3) is 6.08 Å². The van der Waals surface area contributed by atoms with Crippen LogP contribution in [0.3, 0.4) is 0 Å². The van der Waals surface area contributed by atoms with E-state index in [0.29, 0.717) is 39.3 Å². The summed E-state index contributed by atoms with van der Waals surface area (Å²) in [4.78, 5) is 15.3. The van der Waals surface area contributed by atoms with Crippen molar-refractivity contribution in [1.29, 1.82) is 0 Å². The lowest BCUT2D eigenvalue weighted by Crippen LogP contribution is -3.08. The van der Waals surface area contributed by atoms with E-state index in [4.69, 9.17) is 4.42 Å². The molecule has 1 aromatic heterocycles. The van der Waals surface area contributed by atoms with E-state index in [2.05, 4.69) is 0 Å². The van der Waals surface area contributed by atoms with Crippen LogP contribution >= 0.6 is 0 Å². The molecule has 1 amide bonds. The number of likely N-dealkylation sites (N-methyl/N-ethyl adjacent to an activating group) is 1. The Bertz CT molecular complexity index is 945. The van der Waals surface area contributed by atoms with E-state index in [0.717, 1.165) is 22.0 Å². The van der Waals surface area contributed by atoms with E-state index in [9.17, 15) is 13.2 Å². The quantitative estimate of drug-likeness (QED) is 0.720. The Morgan fingerprint density at radius 1 is 1.10 bits per heavy atom. The lowest BCUT2D eigenvalue weighted by atomic mass is 10.2. The van der Waals surface area contributed by atoms with Crippen LogP contribution in [0.4, 0.5) is 0 Å². The van der Waals surface area contributed by atoms with Crippen LogP contribution in [0.15, 0.2) is 52.3 Å². The molecule has 156 valence electrons. The first-order chi connectivity index (χ1) is 13.8. The minimum absolute atomic E-state index is 0.0302. The number of amides is 1. The van der Waals surface area contributed by atoms with E-state index in [1.165, 1.54) is 9.71 Å². The van der Waals surface area contributed by atoms with Gasteiger partial charge in [0.15, 0.2) is 12.3 Å². The summed E-state index contributed by atoms with van der Waals surface area (Å²) >= 11 is 0. The Balaban J connectivity index is 1.49. The van der Waals surface area contributed by atoms with E-state index < -0.39 is 10.0 Å². The molecule has 0 saturated carbocycles. The smallest absolute Gasteiger partial charge is 0.277 e. The molecule has 0 spiro atoms. The first-order valence-corrected chi connectivity index (χ1v) is 11.2. The van der Waals surface area contributed by atoms with Crippen LogP contribution in [0.5, 0.6) is 0 Å². The molecule has 1 atom stereocenters. The number of nitrogens with one attached hydrogen (secondary N) is 1. The first-order valence-electron chi connectivity index (χ1n) is 9.71. The second-order valence-corrected chi connectivity index (χ2v) is 9.18. The van der Waals surface area contributed by atoms with E-state index >= 15 is 0 Å². The second-order valence-electron chi connectivity index (χ2n) is 7.36. The Kier molecular flexibility index (Phi) is 6.89. The van der Waals surface area contributed by atoms with Gasteiger partial charge in [-0.1, -0.05) is 30.3 Å². The third-order valence-electron chi connectivity index (χ3n) is 4.91. The molecule has 0 radical (unpaired) electrons. The summed E-state index contributed by atoms with van der Waals surface area (Å²) in [6.07, 6.45) is 1.60. The number of benzene rings is 1. The van der Waals surface area contributed by atoms with Crippen molar-refractivity contribution < 1.29 is 22.5 Å². The van der Waals surface area contributed by atoms with Crippen LogP contribution in [0.1, 0.15) is 17.1 Å². The summed E-state index contributed by atoms with van der Waals surface area (Å²) in [5, 5.41) is 1.24. The molecular formula is C21H28N3O4S+. The molecule has 1 aliphatic rings. The number of aryl methyl sites for hydroxylation is 1. The van der Waals surface area contributed by atoms with Gasteiger partial charge in [0.05, 0.1) is 7.05 Å². The topological polar surface area (TPSA) is 75.3 Å². The van der Waals surface area contributed by atoms with Crippen molar-refractivity contribution in [3.8, 4) is 0 Å². The Hall–Kier alpha value is -2.42. The zero-order chi connectivity index (χ0) is 20.9. The predicted octanol–water partition coefficient (Wildman–Crippen LogP) is 0.748. The average Bonchev–Trinajstić information content (AvgIpc) is 3.11. The average molecular weight is 419 g/mol. The number of sulfonamides is 1. The van der Waals surface area contributed by atoms with Crippen LogP contribution in [-0.4, -0.2) is 63.3 Å². The predicted molar refractivity (Wildman–Crippen MR) is 111 cm³/mol. The number of hydrogen-bond acceptors (Lipinski definition) is 4. The highest BCUT2D eigenvalue weighted by Gasteiger charge is 2.28. The van der Waals surface area contributed by atoms with Gasteiger partial charge < -0.3 is 14.2 Å². The van der Waals surface area contributed by atoms with Crippen molar-refractivity contribution in [2.75, 3.05) is 39.8 Å². The Morgan fingerprint density at radius 2 is 1.79 bits per heavy atom. The van der Waals surface area contributed by atoms with Gasteiger partial charge in [-0.3, -0.25) is 4.79 Å². The molecule has 8 heteroatoms. The molecule has 3 rings (SSSR count). The normalized spacial score (nSPS) is 17.0. The third-order valence-corrected chi connectivity index (χ3v) is 6.47. The molecule has 0 bridgehead atoms. The summed E-state index contributed by atoms with van der Waals surface area (Å²) in [5.41, 5.74) is 0.836. The van der Waals surface area contributed by atoms with Crippen LogP contribution in [0.2, 0.25) is 0 Å². The highest BCUT2D eigenvalue weighted by atomic mass is 32.2. The lowest BCUT2D eigenvalue weighted by Gasteiger charge is -2.33. The summed E-state index contributed by atoms with van der Waals surface area (Å²) < 4.78 is 32.1. The summed E-state index contributed by atoms with van der Waals surface area (Å²) in [6, 6.07) is 13.2. The maximum absolute atomic E-state index is 12.6. The molecule has 1 N–H and O–H groups in total. The fourth-order valence-corrected chi connectivity index (χ4v) is 4.49. The van der Waals surface area contributed by atoms with Crippen molar-refractivity contribution in [2.45, 2.75) is 13.5 Å². The highest BCUT2D eigenvalue weighted by molar-refractivity contribution is 7.92. The number of nitrogens with zero attached hydrogens (tertiary/aromatic N) is 2. The number of furan rings is 1. The fourth-order valence-electron chi connectivity index (χ4n) is 3.32. The number of carbonyl (C=O) groups excluding carboxylic acids is 1. The molecule has 29 heavy (non-hydrogen) atoms. The molecular weight excluding hydrogens is 390 g/mol. The van der Waals surface area contributed by atoms with Crippen LogP contribution in [0, 0.1) is 6.92 Å². The van der Waals surface area contributed by atoms with Crippen molar-refractivity contribution in [1.82, 2.24) is 9.21 Å². The summed E-state index contributed by atoms with van der Waals surface area (Å²) in [7, 11) is -1.55. The van der Waals surface area contributed by atoms with E-state index in [1.54, 1.807) is 11.0 Å². The monoisotopic (exact) mass is 418 g/mol. The van der Waals surface area contributed by atoms with Gasteiger partial charge in [-0.05, 0) is 30.7 Å². The Morgan fingerprint density at radius 3 is 2.41 bits per heavy atom. The maximum Gasteiger partial charge on any atom is 0.277 e. The molecule has 1 unspecified atom stereocenters. The van der Waals surface area contributed by atoms with Gasteiger partial charge in [-0.15, -0.1) is 0 Å². The van der Waals surface area contributed by atoms with Gasteiger partial charge in [0.25, 0.3) is 5.91 Å². The molecule has 1 fully saturated rings. The van der Waals surface area contributed by atoms with Gasteiger partial charge in [0.2, 0.25) is 10.0 Å². The number of carbonyl (C=O) groups is 1. The first kappa shape index (κ1) is 21.3. The van der Waals surface area contributed by atoms with Gasteiger partial charge in [0, 0.05) is 31.6 Å². The van der Waals surface area contributed by atoms with E-state index in [1.807, 2.05) is 56.4 Å². The second kappa shape index (κ2) is 9.39. The Labute approximate surface area is 172 Å². The zero-order valence-corrected chi connectivity index (χ0v) is 17.7. The molecule has 2 heterocycles. The van der Waals surface area contributed by atoms with E-state index in [-0.39, 0.29) is 5.91 Å². The molecule has 1 aromatic carbocycles. The maximum atomic E-state index is 12.6. The van der Waals surface area contributed by atoms with Crippen molar-refractivity contribution in [3.63, 3.8) is 0 Å². The SMILES string of the molecule is Cc1ccc(C[NH+](C)CC(=O)N2CCN(S(=O)(=O)/C=C/c3ccccc3)CC2)o1. The van der Waals surface area contributed by atoms with Gasteiger partial charge in [-0.2, -0.15) is 4.31 Å². The molecule has 1 aliphatic heterocycles. The van der Waals surface area contributed by atoms with Crippen molar-refractivity contribution >= 4 is 22.0 Å². The number of hydrogen-bond donors (Lipinski definition) is 1. The van der Waals surface area contributed by atoms with Crippen molar-refractivity contribution in [3.05, 3.63) is 65.0 Å². The fraction of sp³-hybridized carbons (Fsp3) is 0.381. The minimum atomic E-state index is -3.49.